The van der Waals surface area contributed by atoms with Gasteiger partial charge in [-0.3, -0.25) is 25.0 Å². The summed E-state index contributed by atoms with van der Waals surface area (Å²) >= 11 is 0. The minimum Gasteiger partial charge on any atom is -0.480 e. The summed E-state index contributed by atoms with van der Waals surface area (Å²) in [4.78, 5) is 40.7. The molecule has 1 rings (SSSR count). The maximum atomic E-state index is 10.8. The molecule has 0 saturated carbocycles. The fourth-order valence-corrected chi connectivity index (χ4v) is 1.37. The van der Waals surface area contributed by atoms with Crippen LogP contribution in [0.15, 0.2) is 12.1 Å². The van der Waals surface area contributed by atoms with Crippen molar-refractivity contribution in [3.63, 3.8) is 0 Å². The molecule has 0 aliphatic heterocycles. The maximum Gasteiger partial charge on any atom is 0.336 e. The summed E-state index contributed by atoms with van der Waals surface area (Å²) in [7, 11) is 0. The summed E-state index contributed by atoms with van der Waals surface area (Å²) in [5.41, 5.74) is -3.09. The molecule has 0 aromatic heterocycles. The van der Waals surface area contributed by atoms with E-state index in [2.05, 4.69) is 0 Å². The minimum absolute atomic E-state index is 0.611. The van der Waals surface area contributed by atoms with Crippen molar-refractivity contribution < 1.29 is 29.6 Å². The molecule has 11 nitrogen and oxygen atoms in total. The van der Waals surface area contributed by atoms with Crippen LogP contribution in [0.3, 0.4) is 0 Å². The monoisotopic (exact) mass is 285 g/mol. The van der Waals surface area contributed by atoms with Crippen molar-refractivity contribution in [1.82, 2.24) is 0 Å². The lowest BCUT2D eigenvalue weighted by Gasteiger charge is -2.06. The van der Waals surface area contributed by atoms with Gasteiger partial charge in [0, 0.05) is 12.1 Å². The molecule has 106 valence electrons. The number of benzene rings is 1. The van der Waals surface area contributed by atoms with Crippen molar-refractivity contribution in [3.05, 3.63) is 37.9 Å². The summed E-state index contributed by atoms with van der Waals surface area (Å²) in [5, 5.41) is 40.9. The predicted octanol–water partition coefficient (Wildman–Crippen LogP) is 0.698. The average molecular weight is 285 g/mol. The summed E-state index contributed by atoms with van der Waals surface area (Å²) in [6.07, 6.45) is 0. The molecule has 0 amide bonds. The van der Waals surface area contributed by atoms with Gasteiger partial charge in [0.15, 0.2) is 5.69 Å². The van der Waals surface area contributed by atoms with E-state index in [9.17, 15) is 29.8 Å². The number of carbonyl (C=O) groups is 2. The van der Waals surface area contributed by atoms with Crippen molar-refractivity contribution in [2.24, 2.45) is 0 Å². The van der Waals surface area contributed by atoms with Crippen LogP contribution in [0.4, 0.5) is 17.1 Å². The first-order valence-electron chi connectivity index (χ1n) is 4.89. The smallest absolute Gasteiger partial charge is 0.336 e. The van der Waals surface area contributed by atoms with Crippen molar-refractivity contribution in [1.29, 1.82) is 0 Å². The summed E-state index contributed by atoms with van der Waals surface area (Å²) < 4.78 is 0. The second kappa shape index (κ2) is 5.60. The largest absolute Gasteiger partial charge is 0.480 e. The number of aliphatic carboxylic acids is 1. The summed E-state index contributed by atoms with van der Waals surface area (Å²) in [5.74, 6) is -2.98. The summed E-state index contributed by atoms with van der Waals surface area (Å²) in [6, 6.07) is 1.22. The first kappa shape index (κ1) is 14.8. The molecule has 0 saturated heterocycles. The van der Waals surface area contributed by atoms with E-state index in [4.69, 9.17) is 10.2 Å². The Hall–Kier alpha value is -3.24. The highest BCUT2D eigenvalue weighted by Crippen LogP contribution is 2.35. The number of carboxylic acid groups (broad SMARTS) is 2. The van der Waals surface area contributed by atoms with Crippen LogP contribution in [0.5, 0.6) is 0 Å². The van der Waals surface area contributed by atoms with E-state index in [1.54, 1.807) is 0 Å². The molecule has 3 N–H and O–H groups in total. The number of hydrogen-bond donors (Lipinski definition) is 3. The molecule has 20 heavy (non-hydrogen) atoms. The second-order valence-corrected chi connectivity index (χ2v) is 3.46. The number of hydrogen-bond acceptors (Lipinski definition) is 7. The Bertz CT molecular complexity index is 576. The van der Waals surface area contributed by atoms with Crippen molar-refractivity contribution in [2.45, 2.75) is 0 Å². The fourth-order valence-electron chi connectivity index (χ4n) is 1.37. The Balaban J connectivity index is 3.50. The Labute approximate surface area is 109 Å². The predicted molar refractivity (Wildman–Crippen MR) is 62.8 cm³/mol. The molecule has 0 unspecified atom stereocenters. The van der Waals surface area contributed by atoms with Crippen LogP contribution in [-0.4, -0.2) is 38.5 Å². The van der Waals surface area contributed by atoms with E-state index < -0.39 is 51.0 Å². The van der Waals surface area contributed by atoms with E-state index in [1.807, 2.05) is 5.32 Å². The number of rotatable bonds is 6. The molecule has 0 heterocycles. The van der Waals surface area contributed by atoms with Crippen LogP contribution in [-0.2, 0) is 4.79 Å². The maximum absolute atomic E-state index is 10.8. The molecular weight excluding hydrogens is 278 g/mol. The minimum atomic E-state index is -1.58. The lowest BCUT2D eigenvalue weighted by Crippen LogP contribution is -2.15. The van der Waals surface area contributed by atoms with Crippen molar-refractivity contribution in [2.75, 3.05) is 11.9 Å². The third-order valence-corrected chi connectivity index (χ3v) is 2.15. The van der Waals surface area contributed by atoms with E-state index >= 15 is 0 Å². The number of nitro benzene ring substituents is 2. The molecule has 0 radical (unpaired) electrons. The highest BCUT2D eigenvalue weighted by atomic mass is 16.6. The van der Waals surface area contributed by atoms with Crippen LogP contribution < -0.4 is 5.32 Å². The van der Waals surface area contributed by atoms with Gasteiger partial charge in [0.2, 0.25) is 0 Å². The normalized spacial score (nSPS) is 9.80. The van der Waals surface area contributed by atoms with Gasteiger partial charge in [-0.05, 0) is 0 Å². The third-order valence-electron chi connectivity index (χ3n) is 2.15. The van der Waals surface area contributed by atoms with E-state index in [-0.39, 0.29) is 0 Å². The highest BCUT2D eigenvalue weighted by molar-refractivity contribution is 5.93. The lowest BCUT2D eigenvalue weighted by molar-refractivity contribution is -0.392. The number of nitrogens with one attached hydrogen (secondary N) is 1. The van der Waals surface area contributed by atoms with Crippen LogP contribution in [0, 0.1) is 20.2 Å². The van der Waals surface area contributed by atoms with Gasteiger partial charge >= 0.3 is 11.9 Å². The summed E-state index contributed by atoms with van der Waals surface area (Å²) in [6.45, 7) is -0.798. The average Bonchev–Trinajstić information content (AvgIpc) is 2.34. The van der Waals surface area contributed by atoms with Gasteiger partial charge in [0.1, 0.15) is 6.54 Å². The number of nitrogens with zero attached hydrogens (tertiary/aromatic N) is 2. The molecule has 0 atom stereocenters. The zero-order valence-electron chi connectivity index (χ0n) is 9.60. The molecule has 0 aliphatic rings. The Morgan fingerprint density at radius 2 is 1.55 bits per heavy atom. The Morgan fingerprint density at radius 1 is 1.10 bits per heavy atom. The molecule has 0 bridgehead atoms. The van der Waals surface area contributed by atoms with Crippen LogP contribution >= 0.6 is 0 Å². The topological polar surface area (TPSA) is 173 Å². The van der Waals surface area contributed by atoms with Crippen LogP contribution in [0.25, 0.3) is 0 Å². The zero-order chi connectivity index (χ0) is 15.4. The van der Waals surface area contributed by atoms with Gasteiger partial charge in [-0.2, -0.15) is 0 Å². The van der Waals surface area contributed by atoms with E-state index in [1.165, 1.54) is 0 Å². The number of aromatic carboxylic acids is 1. The quantitative estimate of drug-likeness (QED) is 0.501. The SMILES string of the molecule is O=C(O)CNc1c([N+](=O)[O-])cc(C(=O)O)cc1[N+](=O)[O-]. The first-order valence-corrected chi connectivity index (χ1v) is 4.89. The molecule has 11 heteroatoms. The Kier molecular flexibility index (Phi) is 4.15. The van der Waals surface area contributed by atoms with E-state index in [0.717, 1.165) is 0 Å². The number of carboxylic acids is 2. The lowest BCUT2D eigenvalue weighted by atomic mass is 10.1. The van der Waals surface area contributed by atoms with Crippen LogP contribution in [0.1, 0.15) is 10.4 Å². The highest BCUT2D eigenvalue weighted by Gasteiger charge is 2.28. The molecular formula is C9H7N3O8. The molecule has 1 aromatic rings. The first-order chi connectivity index (χ1) is 9.23. The van der Waals surface area contributed by atoms with Gasteiger partial charge < -0.3 is 15.5 Å². The number of nitro groups is 2. The third kappa shape index (κ3) is 3.16. The van der Waals surface area contributed by atoms with Crippen molar-refractivity contribution >= 4 is 29.0 Å². The van der Waals surface area contributed by atoms with Gasteiger partial charge in [-0.15, -0.1) is 0 Å². The Morgan fingerprint density at radius 3 is 1.85 bits per heavy atom. The van der Waals surface area contributed by atoms with E-state index in [0.29, 0.717) is 12.1 Å². The van der Waals surface area contributed by atoms with Gasteiger partial charge in [0.05, 0.1) is 15.4 Å². The van der Waals surface area contributed by atoms with Gasteiger partial charge in [-0.1, -0.05) is 0 Å². The van der Waals surface area contributed by atoms with Crippen LogP contribution in [0.2, 0.25) is 0 Å². The van der Waals surface area contributed by atoms with Gasteiger partial charge in [-0.25, -0.2) is 4.79 Å². The zero-order valence-corrected chi connectivity index (χ0v) is 9.60. The molecule has 0 fully saturated rings. The molecule has 0 aliphatic carbocycles. The van der Waals surface area contributed by atoms with Gasteiger partial charge in [0.25, 0.3) is 11.4 Å². The van der Waals surface area contributed by atoms with Crippen molar-refractivity contribution in [3.8, 4) is 0 Å². The molecule has 0 spiro atoms. The molecule has 1 aromatic carbocycles. The fraction of sp³-hybridized carbons (Fsp3) is 0.111. The number of anilines is 1. The standard InChI is InChI=1S/C9H7N3O8/c13-7(14)3-10-8-5(11(17)18)1-4(9(15)16)2-6(8)12(19)20/h1-2,10H,3H2,(H,13,14)(H,15,16). The second-order valence-electron chi connectivity index (χ2n) is 3.46.